The summed E-state index contributed by atoms with van der Waals surface area (Å²) in [6.45, 7) is 3.47. The molecular formula is C17H22N2O4. The zero-order chi connectivity index (χ0) is 16.4. The maximum absolute atomic E-state index is 12.3. The topological polar surface area (TPSA) is 78.9 Å². The number of fused-ring (bicyclic) bond motifs is 1. The zero-order valence-corrected chi connectivity index (χ0v) is 13.2. The van der Waals surface area contributed by atoms with Crippen LogP contribution < -0.4 is 10.1 Å². The number of carbonyl (C=O) groups is 2. The number of carboxylic acids is 1. The number of nitrogens with zero attached hydrogens (tertiary/aromatic N) is 1. The van der Waals surface area contributed by atoms with Crippen molar-refractivity contribution in [3.8, 4) is 5.75 Å². The van der Waals surface area contributed by atoms with E-state index < -0.39 is 5.97 Å². The van der Waals surface area contributed by atoms with Gasteiger partial charge < -0.3 is 20.1 Å². The predicted molar refractivity (Wildman–Crippen MR) is 84.6 cm³/mol. The standard InChI is InChI=1S/C17H22N2O4/c1-11-3-2-4-13-9-14(10-23-15(11)13)18-17(22)19-7-5-12(6-8-19)16(20)21/h2-4,12,14H,5-10H2,1H3,(H,18,22)(H,20,21). The third-order valence-corrected chi connectivity index (χ3v) is 4.65. The van der Waals surface area contributed by atoms with Crippen molar-refractivity contribution in [2.45, 2.75) is 32.2 Å². The Kier molecular flexibility index (Phi) is 4.41. The number of likely N-dealkylation sites (tertiary alicyclic amines) is 1. The van der Waals surface area contributed by atoms with Gasteiger partial charge in [-0.15, -0.1) is 0 Å². The van der Waals surface area contributed by atoms with E-state index in [1.807, 2.05) is 25.1 Å². The molecule has 1 fully saturated rings. The van der Waals surface area contributed by atoms with Gasteiger partial charge in [0.05, 0.1) is 12.0 Å². The Morgan fingerprint density at radius 2 is 2.04 bits per heavy atom. The molecule has 6 nitrogen and oxygen atoms in total. The summed E-state index contributed by atoms with van der Waals surface area (Å²) in [5.74, 6) is -0.162. The van der Waals surface area contributed by atoms with Crippen LogP contribution in [-0.2, 0) is 11.2 Å². The molecule has 1 atom stereocenters. The molecule has 124 valence electrons. The first-order valence-corrected chi connectivity index (χ1v) is 8.04. The number of carboxylic acid groups (broad SMARTS) is 1. The normalized spacial score (nSPS) is 21.3. The second-order valence-electron chi connectivity index (χ2n) is 6.32. The van der Waals surface area contributed by atoms with E-state index in [0.29, 0.717) is 32.5 Å². The molecule has 1 aromatic carbocycles. The Labute approximate surface area is 135 Å². The Hall–Kier alpha value is -2.24. The zero-order valence-electron chi connectivity index (χ0n) is 13.2. The number of rotatable bonds is 2. The summed E-state index contributed by atoms with van der Waals surface area (Å²) >= 11 is 0. The first-order chi connectivity index (χ1) is 11.0. The summed E-state index contributed by atoms with van der Waals surface area (Å²) in [5.41, 5.74) is 2.23. The molecule has 2 heterocycles. The minimum absolute atomic E-state index is 0.0472. The predicted octanol–water partition coefficient (Wildman–Crippen LogP) is 1.80. The van der Waals surface area contributed by atoms with Crippen molar-refractivity contribution in [1.29, 1.82) is 0 Å². The Balaban J connectivity index is 1.54. The molecule has 0 saturated carbocycles. The molecule has 0 aliphatic carbocycles. The molecule has 0 aromatic heterocycles. The maximum Gasteiger partial charge on any atom is 0.317 e. The molecule has 2 amide bonds. The van der Waals surface area contributed by atoms with Crippen LogP contribution in [0.1, 0.15) is 24.0 Å². The van der Waals surface area contributed by atoms with Crippen molar-refractivity contribution in [3.63, 3.8) is 0 Å². The number of hydrogen-bond acceptors (Lipinski definition) is 3. The van der Waals surface area contributed by atoms with Gasteiger partial charge in [0, 0.05) is 13.1 Å². The van der Waals surface area contributed by atoms with Gasteiger partial charge in [0.1, 0.15) is 12.4 Å². The Morgan fingerprint density at radius 1 is 1.30 bits per heavy atom. The van der Waals surface area contributed by atoms with Gasteiger partial charge >= 0.3 is 12.0 Å². The second-order valence-corrected chi connectivity index (χ2v) is 6.32. The van der Waals surface area contributed by atoms with E-state index in [0.717, 1.165) is 23.3 Å². The molecule has 0 bridgehead atoms. The minimum atomic E-state index is -0.766. The van der Waals surface area contributed by atoms with Gasteiger partial charge in [0.2, 0.25) is 0 Å². The van der Waals surface area contributed by atoms with Crippen LogP contribution in [0, 0.1) is 12.8 Å². The number of piperidine rings is 1. The molecule has 2 aliphatic rings. The number of hydrogen-bond donors (Lipinski definition) is 2. The van der Waals surface area contributed by atoms with Gasteiger partial charge in [-0.1, -0.05) is 18.2 Å². The number of benzene rings is 1. The summed E-state index contributed by atoms with van der Waals surface area (Å²) in [4.78, 5) is 25.0. The lowest BCUT2D eigenvalue weighted by atomic mass is 9.97. The van der Waals surface area contributed by atoms with E-state index >= 15 is 0 Å². The van der Waals surface area contributed by atoms with Crippen LogP contribution in [0.15, 0.2) is 18.2 Å². The molecule has 23 heavy (non-hydrogen) atoms. The molecule has 1 saturated heterocycles. The third-order valence-electron chi connectivity index (χ3n) is 4.65. The quantitative estimate of drug-likeness (QED) is 0.871. The van der Waals surface area contributed by atoms with E-state index in [4.69, 9.17) is 9.84 Å². The SMILES string of the molecule is Cc1cccc2c1OCC(NC(=O)N1CCC(C(=O)O)CC1)C2. The highest BCUT2D eigenvalue weighted by molar-refractivity contribution is 5.75. The Morgan fingerprint density at radius 3 is 2.74 bits per heavy atom. The van der Waals surface area contributed by atoms with Crippen LogP contribution in [0.25, 0.3) is 0 Å². The van der Waals surface area contributed by atoms with Gasteiger partial charge in [-0.05, 0) is 37.3 Å². The van der Waals surface area contributed by atoms with E-state index in [1.54, 1.807) is 4.90 Å². The summed E-state index contributed by atoms with van der Waals surface area (Å²) in [5, 5.41) is 12.0. The number of nitrogens with one attached hydrogen (secondary N) is 1. The summed E-state index contributed by atoms with van der Waals surface area (Å²) in [6.07, 6.45) is 1.80. The highest BCUT2D eigenvalue weighted by Crippen LogP contribution is 2.28. The van der Waals surface area contributed by atoms with Crippen LogP contribution >= 0.6 is 0 Å². The fraction of sp³-hybridized carbons (Fsp3) is 0.529. The first-order valence-electron chi connectivity index (χ1n) is 8.04. The first kappa shape index (κ1) is 15.6. The number of para-hydroxylation sites is 1. The van der Waals surface area contributed by atoms with Gasteiger partial charge in [-0.3, -0.25) is 4.79 Å². The highest BCUT2D eigenvalue weighted by atomic mass is 16.5. The maximum atomic E-state index is 12.3. The molecule has 1 unspecified atom stereocenters. The van der Waals surface area contributed by atoms with Gasteiger partial charge in [-0.25, -0.2) is 4.79 Å². The average Bonchev–Trinajstić information content (AvgIpc) is 2.55. The molecule has 1 aromatic rings. The number of aliphatic carboxylic acids is 1. The Bertz CT molecular complexity index is 609. The van der Waals surface area contributed by atoms with Crippen molar-refractivity contribution in [2.75, 3.05) is 19.7 Å². The van der Waals surface area contributed by atoms with E-state index in [9.17, 15) is 9.59 Å². The molecule has 6 heteroatoms. The van der Waals surface area contributed by atoms with Crippen molar-refractivity contribution in [1.82, 2.24) is 10.2 Å². The van der Waals surface area contributed by atoms with Gasteiger partial charge in [-0.2, -0.15) is 0 Å². The van der Waals surface area contributed by atoms with E-state index in [-0.39, 0.29) is 18.0 Å². The van der Waals surface area contributed by atoms with Crippen molar-refractivity contribution < 1.29 is 19.4 Å². The molecule has 3 rings (SSSR count). The van der Waals surface area contributed by atoms with Crippen LogP contribution in [0.3, 0.4) is 0 Å². The third kappa shape index (κ3) is 3.41. The number of carbonyl (C=O) groups excluding carboxylic acids is 1. The van der Waals surface area contributed by atoms with Crippen molar-refractivity contribution >= 4 is 12.0 Å². The van der Waals surface area contributed by atoms with Gasteiger partial charge in [0.25, 0.3) is 0 Å². The summed E-state index contributed by atoms with van der Waals surface area (Å²) in [6, 6.07) is 5.87. The minimum Gasteiger partial charge on any atom is -0.491 e. The molecule has 0 radical (unpaired) electrons. The number of amides is 2. The number of aryl methyl sites for hydroxylation is 1. The number of ether oxygens (including phenoxy) is 1. The van der Waals surface area contributed by atoms with Crippen LogP contribution in [0.5, 0.6) is 5.75 Å². The van der Waals surface area contributed by atoms with Gasteiger partial charge in [0.15, 0.2) is 0 Å². The molecule has 0 spiro atoms. The monoisotopic (exact) mass is 318 g/mol. The fourth-order valence-corrected chi connectivity index (χ4v) is 3.28. The summed E-state index contributed by atoms with van der Waals surface area (Å²) in [7, 11) is 0. The highest BCUT2D eigenvalue weighted by Gasteiger charge is 2.29. The summed E-state index contributed by atoms with van der Waals surface area (Å²) < 4.78 is 5.79. The number of urea groups is 1. The van der Waals surface area contributed by atoms with E-state index in [2.05, 4.69) is 5.32 Å². The smallest absolute Gasteiger partial charge is 0.317 e. The lowest BCUT2D eigenvalue weighted by molar-refractivity contribution is -0.143. The lowest BCUT2D eigenvalue weighted by Gasteiger charge is -2.33. The van der Waals surface area contributed by atoms with Crippen LogP contribution in [-0.4, -0.2) is 47.7 Å². The van der Waals surface area contributed by atoms with Crippen molar-refractivity contribution in [2.24, 2.45) is 5.92 Å². The van der Waals surface area contributed by atoms with Crippen molar-refractivity contribution in [3.05, 3.63) is 29.3 Å². The molecule has 2 N–H and O–H groups in total. The largest absolute Gasteiger partial charge is 0.491 e. The molecular weight excluding hydrogens is 296 g/mol. The second kappa shape index (κ2) is 6.48. The van der Waals surface area contributed by atoms with Crippen LogP contribution in [0.4, 0.5) is 4.79 Å². The lowest BCUT2D eigenvalue weighted by Crippen LogP contribution is -2.51. The fourth-order valence-electron chi connectivity index (χ4n) is 3.28. The van der Waals surface area contributed by atoms with E-state index in [1.165, 1.54) is 0 Å². The van der Waals surface area contributed by atoms with Crippen LogP contribution in [0.2, 0.25) is 0 Å². The average molecular weight is 318 g/mol. The molecule has 2 aliphatic heterocycles.